The molecule has 0 spiro atoms. The summed E-state index contributed by atoms with van der Waals surface area (Å²) >= 11 is 9.47. The summed E-state index contributed by atoms with van der Waals surface area (Å²) in [6, 6.07) is 5.35. The van der Waals surface area contributed by atoms with E-state index in [2.05, 4.69) is 21.4 Å². The highest BCUT2D eigenvalue weighted by Gasteiger charge is 2.14. The maximum absolute atomic E-state index is 11.1. The van der Waals surface area contributed by atoms with Gasteiger partial charge in [-0.3, -0.25) is 11.3 Å². The van der Waals surface area contributed by atoms with E-state index in [0.717, 1.165) is 10.0 Å². The quantitative estimate of drug-likeness (QED) is 0.607. The smallest absolute Gasteiger partial charge is 0.147 e. The molecule has 0 aliphatic heterocycles. The Kier molecular flexibility index (Phi) is 6.07. The van der Waals surface area contributed by atoms with E-state index in [4.69, 9.17) is 17.4 Å². The standard InChI is InChI=1S/C11H16BrClN2O2S/c1-18(16,17)6-2-3-11(15-14)9-7-8(12)4-5-10(9)13/h4-5,7,11,15H,2-3,6,14H2,1H3. The minimum Gasteiger partial charge on any atom is -0.271 e. The molecule has 102 valence electrons. The molecule has 4 nitrogen and oxygen atoms in total. The minimum absolute atomic E-state index is 0.150. The van der Waals surface area contributed by atoms with Crippen LogP contribution < -0.4 is 11.3 Å². The molecule has 0 heterocycles. The zero-order valence-electron chi connectivity index (χ0n) is 9.99. The van der Waals surface area contributed by atoms with Crippen molar-refractivity contribution >= 4 is 37.4 Å². The van der Waals surface area contributed by atoms with E-state index in [0.29, 0.717) is 17.9 Å². The first-order valence-corrected chi connectivity index (χ1v) is 8.65. The Morgan fingerprint density at radius 2 is 2.17 bits per heavy atom. The number of rotatable bonds is 6. The minimum atomic E-state index is -2.94. The lowest BCUT2D eigenvalue weighted by molar-refractivity contribution is 0.507. The van der Waals surface area contributed by atoms with Crippen molar-refractivity contribution in [3.63, 3.8) is 0 Å². The highest BCUT2D eigenvalue weighted by atomic mass is 79.9. The van der Waals surface area contributed by atoms with E-state index in [-0.39, 0.29) is 11.8 Å². The Balaban J connectivity index is 2.74. The summed E-state index contributed by atoms with van der Waals surface area (Å²) in [6.45, 7) is 0. The van der Waals surface area contributed by atoms with E-state index < -0.39 is 9.84 Å². The van der Waals surface area contributed by atoms with Gasteiger partial charge in [-0.05, 0) is 36.6 Å². The molecule has 1 aromatic rings. The van der Waals surface area contributed by atoms with Gasteiger partial charge in [-0.2, -0.15) is 0 Å². The van der Waals surface area contributed by atoms with Crippen molar-refractivity contribution in [2.45, 2.75) is 18.9 Å². The Bertz CT molecular complexity index is 508. The van der Waals surface area contributed by atoms with Crippen LogP contribution in [-0.4, -0.2) is 20.4 Å². The first-order chi connectivity index (χ1) is 8.33. The van der Waals surface area contributed by atoms with Gasteiger partial charge >= 0.3 is 0 Å². The molecule has 0 radical (unpaired) electrons. The van der Waals surface area contributed by atoms with Gasteiger partial charge in [0.2, 0.25) is 0 Å². The Labute approximate surface area is 121 Å². The number of hydrazine groups is 1. The molecular formula is C11H16BrClN2O2S. The van der Waals surface area contributed by atoms with Crippen LogP contribution in [0.3, 0.4) is 0 Å². The van der Waals surface area contributed by atoms with Gasteiger partial charge in [-0.25, -0.2) is 8.42 Å². The maximum Gasteiger partial charge on any atom is 0.147 e. The molecule has 0 fully saturated rings. The molecule has 0 aliphatic rings. The second-order valence-electron chi connectivity index (χ2n) is 4.16. The Morgan fingerprint density at radius 1 is 1.50 bits per heavy atom. The highest BCUT2D eigenvalue weighted by Crippen LogP contribution is 2.28. The predicted octanol–water partition coefficient (Wildman–Crippen LogP) is 2.43. The lowest BCUT2D eigenvalue weighted by Crippen LogP contribution is -2.28. The average molecular weight is 356 g/mol. The van der Waals surface area contributed by atoms with Crippen molar-refractivity contribution < 1.29 is 8.42 Å². The molecule has 0 aromatic heterocycles. The lowest BCUT2D eigenvalue weighted by atomic mass is 10.0. The number of hydrogen-bond acceptors (Lipinski definition) is 4. The van der Waals surface area contributed by atoms with Crippen LogP contribution >= 0.6 is 27.5 Å². The van der Waals surface area contributed by atoms with Gasteiger partial charge in [0.15, 0.2) is 0 Å². The number of nitrogens with two attached hydrogens (primary N) is 1. The average Bonchev–Trinajstić information content (AvgIpc) is 2.27. The summed E-state index contributed by atoms with van der Waals surface area (Å²) in [5, 5.41) is 0.612. The van der Waals surface area contributed by atoms with Crippen LogP contribution in [0.1, 0.15) is 24.4 Å². The zero-order chi connectivity index (χ0) is 13.8. The van der Waals surface area contributed by atoms with Crippen LogP contribution in [0.4, 0.5) is 0 Å². The number of hydrogen-bond donors (Lipinski definition) is 2. The topological polar surface area (TPSA) is 72.2 Å². The van der Waals surface area contributed by atoms with Gasteiger partial charge in [-0.15, -0.1) is 0 Å². The van der Waals surface area contributed by atoms with Gasteiger partial charge in [-0.1, -0.05) is 27.5 Å². The molecule has 3 N–H and O–H groups in total. The third-order valence-corrected chi connectivity index (χ3v) is 4.41. The molecule has 18 heavy (non-hydrogen) atoms. The van der Waals surface area contributed by atoms with Gasteiger partial charge in [0.05, 0.1) is 0 Å². The lowest BCUT2D eigenvalue weighted by Gasteiger charge is -2.17. The molecule has 0 aliphatic carbocycles. The van der Waals surface area contributed by atoms with Crippen LogP contribution in [0.25, 0.3) is 0 Å². The second-order valence-corrected chi connectivity index (χ2v) is 7.74. The fraction of sp³-hybridized carbons (Fsp3) is 0.455. The van der Waals surface area contributed by atoms with Crippen LogP contribution in [0.15, 0.2) is 22.7 Å². The molecule has 0 bridgehead atoms. The molecule has 1 unspecified atom stereocenters. The monoisotopic (exact) mass is 354 g/mol. The van der Waals surface area contributed by atoms with Crippen molar-refractivity contribution in [2.75, 3.05) is 12.0 Å². The summed E-state index contributed by atoms with van der Waals surface area (Å²) in [4.78, 5) is 0. The maximum atomic E-state index is 11.1. The van der Waals surface area contributed by atoms with Gasteiger partial charge < -0.3 is 0 Å². The van der Waals surface area contributed by atoms with Crippen LogP contribution in [-0.2, 0) is 9.84 Å². The first kappa shape index (κ1) is 15.9. The van der Waals surface area contributed by atoms with Gasteiger partial charge in [0, 0.05) is 27.5 Å². The van der Waals surface area contributed by atoms with Gasteiger partial charge in [0.25, 0.3) is 0 Å². The fourth-order valence-electron chi connectivity index (χ4n) is 1.66. The predicted molar refractivity (Wildman–Crippen MR) is 78.2 cm³/mol. The molecule has 0 saturated carbocycles. The number of halogens is 2. The van der Waals surface area contributed by atoms with E-state index >= 15 is 0 Å². The summed E-state index contributed by atoms with van der Waals surface area (Å²) < 4.78 is 23.1. The van der Waals surface area contributed by atoms with E-state index in [1.807, 2.05) is 12.1 Å². The second kappa shape index (κ2) is 6.86. The van der Waals surface area contributed by atoms with Crippen molar-refractivity contribution in [1.29, 1.82) is 0 Å². The third-order valence-electron chi connectivity index (χ3n) is 2.54. The summed E-state index contributed by atoms with van der Waals surface area (Å²) in [6.07, 6.45) is 2.38. The summed E-state index contributed by atoms with van der Waals surface area (Å²) in [7, 11) is -2.94. The number of nitrogens with one attached hydrogen (secondary N) is 1. The first-order valence-electron chi connectivity index (χ1n) is 5.42. The van der Waals surface area contributed by atoms with Crippen molar-refractivity contribution in [3.8, 4) is 0 Å². The third kappa shape index (κ3) is 5.24. The van der Waals surface area contributed by atoms with Crippen LogP contribution in [0.2, 0.25) is 5.02 Å². The van der Waals surface area contributed by atoms with Crippen molar-refractivity contribution in [3.05, 3.63) is 33.3 Å². The number of benzene rings is 1. The zero-order valence-corrected chi connectivity index (χ0v) is 13.1. The van der Waals surface area contributed by atoms with E-state index in [1.54, 1.807) is 6.07 Å². The fourth-order valence-corrected chi connectivity index (χ4v) is 2.98. The summed E-state index contributed by atoms with van der Waals surface area (Å²) in [5.74, 6) is 5.65. The molecule has 0 saturated heterocycles. The van der Waals surface area contributed by atoms with E-state index in [9.17, 15) is 8.42 Å². The molecule has 1 atom stereocenters. The molecule has 7 heteroatoms. The number of sulfone groups is 1. The largest absolute Gasteiger partial charge is 0.271 e. The molecule has 1 rings (SSSR count). The van der Waals surface area contributed by atoms with E-state index in [1.165, 1.54) is 6.26 Å². The highest BCUT2D eigenvalue weighted by molar-refractivity contribution is 9.10. The SMILES string of the molecule is CS(=O)(=O)CCCC(NN)c1cc(Br)ccc1Cl. The van der Waals surface area contributed by atoms with Crippen LogP contribution in [0.5, 0.6) is 0 Å². The van der Waals surface area contributed by atoms with Gasteiger partial charge in [0.1, 0.15) is 9.84 Å². The Hall–Kier alpha value is -0.140. The van der Waals surface area contributed by atoms with Crippen molar-refractivity contribution in [1.82, 2.24) is 5.43 Å². The molecular weight excluding hydrogens is 340 g/mol. The molecule has 1 aromatic carbocycles. The Morgan fingerprint density at radius 3 is 2.72 bits per heavy atom. The summed E-state index contributed by atoms with van der Waals surface area (Å²) in [5.41, 5.74) is 3.54. The van der Waals surface area contributed by atoms with Crippen LogP contribution in [0, 0.1) is 0 Å². The normalized spacial score (nSPS) is 13.6. The molecule has 0 amide bonds. The van der Waals surface area contributed by atoms with Crippen molar-refractivity contribution in [2.24, 2.45) is 5.84 Å².